The minimum Gasteiger partial charge on any atom is -0.396 e. The van der Waals surface area contributed by atoms with Gasteiger partial charge < -0.3 is 10.2 Å². The SMILES string of the molecule is CC(CO)(CO)CN(Cc1ccccc1)Cc1ccccc1. The molecule has 0 aromatic heterocycles. The second-order valence-electron chi connectivity index (χ2n) is 6.24. The second-order valence-corrected chi connectivity index (χ2v) is 6.24. The average molecular weight is 299 g/mol. The molecule has 0 spiro atoms. The van der Waals surface area contributed by atoms with E-state index in [9.17, 15) is 10.2 Å². The molecule has 3 heteroatoms. The number of benzene rings is 2. The first-order valence-corrected chi connectivity index (χ1v) is 7.67. The molecule has 118 valence electrons. The van der Waals surface area contributed by atoms with E-state index in [1.165, 1.54) is 11.1 Å². The molecule has 0 atom stereocenters. The van der Waals surface area contributed by atoms with Crippen LogP contribution in [-0.4, -0.2) is 34.9 Å². The molecule has 0 saturated carbocycles. The molecule has 2 N–H and O–H groups in total. The van der Waals surface area contributed by atoms with Crippen molar-refractivity contribution in [3.05, 3.63) is 71.8 Å². The van der Waals surface area contributed by atoms with Gasteiger partial charge in [-0.1, -0.05) is 67.6 Å². The van der Waals surface area contributed by atoms with Crippen molar-refractivity contribution in [3.63, 3.8) is 0 Å². The summed E-state index contributed by atoms with van der Waals surface area (Å²) in [4.78, 5) is 2.27. The van der Waals surface area contributed by atoms with Gasteiger partial charge in [-0.2, -0.15) is 0 Å². The van der Waals surface area contributed by atoms with Crippen molar-refractivity contribution in [1.29, 1.82) is 0 Å². The van der Waals surface area contributed by atoms with E-state index >= 15 is 0 Å². The van der Waals surface area contributed by atoms with Gasteiger partial charge in [-0.3, -0.25) is 4.90 Å². The summed E-state index contributed by atoms with van der Waals surface area (Å²) in [5, 5.41) is 19.2. The Morgan fingerprint density at radius 2 is 1.18 bits per heavy atom. The van der Waals surface area contributed by atoms with Crippen LogP contribution in [0.3, 0.4) is 0 Å². The van der Waals surface area contributed by atoms with Crippen LogP contribution in [0.1, 0.15) is 18.1 Å². The van der Waals surface area contributed by atoms with E-state index in [1.807, 2.05) is 43.3 Å². The van der Waals surface area contributed by atoms with Gasteiger partial charge in [-0.25, -0.2) is 0 Å². The highest BCUT2D eigenvalue weighted by Gasteiger charge is 2.26. The molecule has 0 unspecified atom stereocenters. The van der Waals surface area contributed by atoms with Crippen molar-refractivity contribution in [1.82, 2.24) is 4.90 Å². The molecule has 0 aliphatic carbocycles. The second kappa shape index (κ2) is 8.08. The zero-order valence-electron chi connectivity index (χ0n) is 13.2. The van der Waals surface area contributed by atoms with Crippen molar-refractivity contribution in [2.75, 3.05) is 19.8 Å². The van der Waals surface area contributed by atoms with E-state index < -0.39 is 5.41 Å². The van der Waals surface area contributed by atoms with E-state index in [2.05, 4.69) is 29.2 Å². The first kappa shape index (κ1) is 16.7. The fourth-order valence-electron chi connectivity index (χ4n) is 2.54. The van der Waals surface area contributed by atoms with Gasteiger partial charge in [0.15, 0.2) is 0 Å². The molecule has 2 rings (SSSR count). The number of hydrogen-bond acceptors (Lipinski definition) is 3. The van der Waals surface area contributed by atoms with E-state index in [0.29, 0.717) is 6.54 Å². The molecule has 0 heterocycles. The number of hydrogen-bond donors (Lipinski definition) is 2. The number of aliphatic hydroxyl groups excluding tert-OH is 2. The van der Waals surface area contributed by atoms with Crippen LogP contribution >= 0.6 is 0 Å². The minimum absolute atomic E-state index is 0.0242. The Labute approximate surface area is 132 Å². The van der Waals surface area contributed by atoms with Crippen LogP contribution in [0.25, 0.3) is 0 Å². The Morgan fingerprint density at radius 1 is 0.773 bits per heavy atom. The summed E-state index contributed by atoms with van der Waals surface area (Å²) in [6, 6.07) is 20.6. The lowest BCUT2D eigenvalue weighted by molar-refractivity contribution is 0.0302. The Balaban J connectivity index is 2.13. The van der Waals surface area contributed by atoms with Crippen LogP contribution in [0.5, 0.6) is 0 Å². The van der Waals surface area contributed by atoms with Crippen LogP contribution < -0.4 is 0 Å². The van der Waals surface area contributed by atoms with Crippen molar-refractivity contribution in [2.24, 2.45) is 5.41 Å². The summed E-state index contributed by atoms with van der Waals surface area (Å²) in [5.74, 6) is 0. The topological polar surface area (TPSA) is 43.7 Å². The van der Waals surface area contributed by atoms with Crippen molar-refractivity contribution in [2.45, 2.75) is 20.0 Å². The van der Waals surface area contributed by atoms with Crippen LogP contribution in [0, 0.1) is 5.41 Å². The van der Waals surface area contributed by atoms with Gasteiger partial charge in [0, 0.05) is 25.0 Å². The molecule has 2 aromatic rings. The average Bonchev–Trinajstić information content (AvgIpc) is 2.56. The molecule has 0 fully saturated rings. The largest absolute Gasteiger partial charge is 0.396 e. The summed E-state index contributed by atoms with van der Waals surface area (Å²) in [6.07, 6.45) is 0. The zero-order valence-corrected chi connectivity index (χ0v) is 13.2. The highest BCUT2D eigenvalue weighted by Crippen LogP contribution is 2.20. The Kier molecular flexibility index (Phi) is 6.13. The van der Waals surface area contributed by atoms with Crippen molar-refractivity contribution in [3.8, 4) is 0 Å². The smallest absolute Gasteiger partial charge is 0.0519 e. The van der Waals surface area contributed by atoms with Crippen LogP contribution in [0.4, 0.5) is 0 Å². The van der Waals surface area contributed by atoms with Gasteiger partial charge in [0.25, 0.3) is 0 Å². The van der Waals surface area contributed by atoms with Gasteiger partial charge in [-0.05, 0) is 11.1 Å². The molecule has 22 heavy (non-hydrogen) atoms. The summed E-state index contributed by atoms with van der Waals surface area (Å²) in [5.41, 5.74) is 1.97. The van der Waals surface area contributed by atoms with Crippen LogP contribution in [0.15, 0.2) is 60.7 Å². The molecular formula is C19H25NO2. The fourth-order valence-corrected chi connectivity index (χ4v) is 2.54. The zero-order chi connectivity index (χ0) is 15.8. The fraction of sp³-hybridized carbons (Fsp3) is 0.368. The van der Waals surface area contributed by atoms with Crippen LogP contribution in [0.2, 0.25) is 0 Å². The van der Waals surface area contributed by atoms with E-state index in [4.69, 9.17) is 0 Å². The predicted octanol–water partition coefficient (Wildman–Crippen LogP) is 2.68. The maximum Gasteiger partial charge on any atom is 0.0519 e. The number of aliphatic hydroxyl groups is 2. The molecule has 0 aliphatic heterocycles. The Morgan fingerprint density at radius 3 is 1.55 bits per heavy atom. The Hall–Kier alpha value is -1.68. The third kappa shape index (κ3) is 4.95. The normalized spacial score (nSPS) is 11.8. The molecule has 0 radical (unpaired) electrons. The van der Waals surface area contributed by atoms with Crippen molar-refractivity contribution < 1.29 is 10.2 Å². The van der Waals surface area contributed by atoms with E-state index in [1.54, 1.807) is 0 Å². The lowest BCUT2D eigenvalue weighted by Gasteiger charge is -2.33. The lowest BCUT2D eigenvalue weighted by Crippen LogP contribution is -2.40. The lowest BCUT2D eigenvalue weighted by atomic mass is 9.92. The van der Waals surface area contributed by atoms with Crippen LogP contribution in [-0.2, 0) is 13.1 Å². The predicted molar refractivity (Wildman–Crippen MR) is 89.3 cm³/mol. The summed E-state index contributed by atoms with van der Waals surface area (Å²) < 4.78 is 0. The van der Waals surface area contributed by atoms with E-state index in [-0.39, 0.29) is 13.2 Å². The third-order valence-electron chi connectivity index (χ3n) is 3.87. The molecular weight excluding hydrogens is 274 g/mol. The summed E-state index contributed by atoms with van der Waals surface area (Å²) >= 11 is 0. The van der Waals surface area contributed by atoms with Crippen molar-refractivity contribution >= 4 is 0 Å². The summed E-state index contributed by atoms with van der Waals surface area (Å²) in [6.45, 7) is 4.10. The van der Waals surface area contributed by atoms with Gasteiger partial charge in [0.2, 0.25) is 0 Å². The maximum absolute atomic E-state index is 9.58. The number of rotatable bonds is 8. The van der Waals surface area contributed by atoms with Gasteiger partial charge in [0.05, 0.1) is 13.2 Å². The maximum atomic E-state index is 9.58. The molecule has 0 amide bonds. The first-order chi connectivity index (χ1) is 10.6. The first-order valence-electron chi connectivity index (χ1n) is 7.67. The highest BCUT2D eigenvalue weighted by atomic mass is 16.3. The number of nitrogens with zero attached hydrogens (tertiary/aromatic N) is 1. The van der Waals surface area contributed by atoms with Gasteiger partial charge in [0.1, 0.15) is 0 Å². The Bertz CT molecular complexity index is 496. The monoisotopic (exact) mass is 299 g/mol. The quantitative estimate of drug-likeness (QED) is 0.787. The molecule has 3 nitrogen and oxygen atoms in total. The molecule has 0 saturated heterocycles. The minimum atomic E-state index is -0.496. The molecule has 0 bridgehead atoms. The molecule has 0 aliphatic rings. The van der Waals surface area contributed by atoms with Gasteiger partial charge >= 0.3 is 0 Å². The third-order valence-corrected chi connectivity index (χ3v) is 3.87. The molecule has 2 aromatic carbocycles. The van der Waals surface area contributed by atoms with E-state index in [0.717, 1.165) is 13.1 Å². The van der Waals surface area contributed by atoms with Gasteiger partial charge in [-0.15, -0.1) is 0 Å². The summed E-state index contributed by atoms with van der Waals surface area (Å²) in [7, 11) is 0. The highest BCUT2D eigenvalue weighted by molar-refractivity contribution is 5.17. The standard InChI is InChI=1S/C19H25NO2/c1-19(15-21,16-22)14-20(12-17-8-4-2-5-9-17)13-18-10-6-3-7-11-18/h2-11,21-22H,12-16H2,1H3.